The van der Waals surface area contributed by atoms with Crippen LogP contribution in [0, 0.1) is 6.92 Å². The third kappa shape index (κ3) is 6.77. The number of esters is 2. The maximum atomic E-state index is 13.7. The Bertz CT molecular complexity index is 1290. The van der Waals surface area contributed by atoms with Gasteiger partial charge in [0.15, 0.2) is 7.95 Å². The molecular weight excluding hydrogens is 531 g/mol. The zero-order chi connectivity index (χ0) is 28.8. The average molecular weight is 571 g/mol. The van der Waals surface area contributed by atoms with E-state index in [0.717, 1.165) is 48.2 Å². The number of ether oxygens (including phenoxy) is 2. The zero-order valence-electron chi connectivity index (χ0n) is 23.6. The Morgan fingerprint density at radius 2 is 1.95 bits per heavy atom. The number of cyclic esters (lactones) is 1. The topological polar surface area (TPSA) is 114 Å². The number of fused-ring (bicyclic) bond motifs is 1. The predicted molar refractivity (Wildman–Crippen MR) is 153 cm³/mol. The van der Waals surface area contributed by atoms with E-state index in [4.69, 9.17) is 14.3 Å². The highest BCUT2D eigenvalue weighted by atomic mass is 31.1. The molecule has 9 nitrogen and oxygen atoms in total. The summed E-state index contributed by atoms with van der Waals surface area (Å²) in [7, 11) is -2.62. The number of carbonyl (C=O) groups excluding carboxylic acids is 2. The van der Waals surface area contributed by atoms with Crippen molar-refractivity contribution >= 4 is 19.9 Å². The number of benzene rings is 2. The molecule has 0 aliphatic carbocycles. The van der Waals surface area contributed by atoms with E-state index in [1.165, 1.54) is 4.83 Å². The van der Waals surface area contributed by atoms with Gasteiger partial charge in [0.25, 0.3) is 0 Å². The summed E-state index contributed by atoms with van der Waals surface area (Å²) in [5, 5.41) is 14.2. The summed E-state index contributed by atoms with van der Waals surface area (Å²) >= 11 is 0. The summed E-state index contributed by atoms with van der Waals surface area (Å²) < 4.78 is 24.6. The second-order valence-corrected chi connectivity index (χ2v) is 11.9. The molecule has 4 rings (SSSR count). The number of nitrogens with zero attached hydrogens (tertiary/aromatic N) is 1. The van der Waals surface area contributed by atoms with Gasteiger partial charge in [0.2, 0.25) is 0 Å². The number of carbonyl (C=O) groups is 2. The number of piperidine rings is 1. The van der Waals surface area contributed by atoms with Crippen molar-refractivity contribution in [2.24, 2.45) is 0 Å². The SMILES string of the molecule is CCc1c(C)c2c(c(O)c1CC=C(C)C[PH](=O)N(Oc1ccccc1)[C@@H](C)C(=O)OC1CCNCC1)C(=O)OC2. The van der Waals surface area contributed by atoms with E-state index in [0.29, 0.717) is 24.2 Å². The Morgan fingerprint density at radius 1 is 1.25 bits per heavy atom. The molecule has 1 fully saturated rings. The summed E-state index contributed by atoms with van der Waals surface area (Å²) in [4.78, 5) is 32.5. The maximum Gasteiger partial charge on any atom is 0.342 e. The number of para-hydroxylation sites is 1. The predicted octanol–water partition coefficient (Wildman–Crippen LogP) is 4.88. The van der Waals surface area contributed by atoms with Crippen molar-refractivity contribution in [2.75, 3.05) is 19.3 Å². The normalized spacial score (nSPS) is 17.3. The van der Waals surface area contributed by atoms with E-state index in [2.05, 4.69) is 5.32 Å². The van der Waals surface area contributed by atoms with Crippen molar-refractivity contribution in [3.63, 3.8) is 0 Å². The molecule has 1 saturated heterocycles. The molecule has 0 bridgehead atoms. The fourth-order valence-corrected chi connectivity index (χ4v) is 6.74. The lowest BCUT2D eigenvalue weighted by Gasteiger charge is -2.29. The first-order valence-corrected chi connectivity index (χ1v) is 15.4. The molecule has 40 heavy (non-hydrogen) atoms. The average Bonchev–Trinajstić information content (AvgIpc) is 3.35. The van der Waals surface area contributed by atoms with Crippen molar-refractivity contribution in [1.82, 2.24) is 10.2 Å². The lowest BCUT2D eigenvalue weighted by Crippen LogP contribution is -2.41. The smallest absolute Gasteiger partial charge is 0.342 e. The number of phenols is 1. The van der Waals surface area contributed by atoms with Gasteiger partial charge in [-0.3, -0.25) is 4.79 Å². The van der Waals surface area contributed by atoms with Crippen LogP contribution >= 0.6 is 7.95 Å². The standard InChI is InChI=1S/C30H39N2O7P/c1-5-24-20(3)26-17-37-30(35)27(26)28(33)25(24)12-11-19(2)18-40(36)32(39-23-9-7-6-8-10-23)21(4)29(34)38-22-13-15-31-16-14-22/h6-11,21-22,31,33,40H,5,12-18H2,1-4H3/t21-/m0/s1. The minimum absolute atomic E-state index is 0.0417. The van der Waals surface area contributed by atoms with Crippen LogP contribution in [0.25, 0.3) is 0 Å². The Kier molecular flexibility index (Phi) is 10.1. The van der Waals surface area contributed by atoms with Crippen molar-refractivity contribution in [1.29, 1.82) is 0 Å². The Morgan fingerprint density at radius 3 is 2.62 bits per heavy atom. The molecule has 2 aliphatic heterocycles. The number of hydrogen-bond acceptors (Lipinski definition) is 8. The Balaban J connectivity index is 1.51. The van der Waals surface area contributed by atoms with Crippen LogP contribution in [0.3, 0.4) is 0 Å². The largest absolute Gasteiger partial charge is 0.507 e. The molecule has 2 heterocycles. The number of hydrogen-bond donors (Lipinski definition) is 2. The second-order valence-electron chi connectivity index (χ2n) is 10.3. The van der Waals surface area contributed by atoms with Gasteiger partial charge in [-0.05, 0) is 82.8 Å². The van der Waals surface area contributed by atoms with Crippen LogP contribution in [-0.4, -0.2) is 53.3 Å². The Labute approximate surface area is 236 Å². The molecular formula is C30H39N2O7P. The summed E-state index contributed by atoms with van der Waals surface area (Å²) in [6.45, 7) is 9.21. The number of rotatable bonds is 11. The van der Waals surface area contributed by atoms with Crippen molar-refractivity contribution in [3.8, 4) is 11.5 Å². The summed E-state index contributed by atoms with van der Waals surface area (Å²) in [6.07, 6.45) is 4.44. The first-order valence-electron chi connectivity index (χ1n) is 13.9. The van der Waals surface area contributed by atoms with Crippen LogP contribution in [0.1, 0.15) is 66.2 Å². The molecule has 0 aromatic heterocycles. The van der Waals surface area contributed by atoms with Gasteiger partial charge in [-0.25, -0.2) is 4.79 Å². The number of hydroxylamine groups is 1. The molecule has 2 aromatic carbocycles. The van der Waals surface area contributed by atoms with Gasteiger partial charge in [-0.1, -0.05) is 41.6 Å². The number of nitrogens with one attached hydrogen (secondary N) is 1. The van der Waals surface area contributed by atoms with E-state index in [1.54, 1.807) is 31.2 Å². The first-order chi connectivity index (χ1) is 19.2. The maximum absolute atomic E-state index is 13.7. The number of phenolic OH excluding ortho intramolecular Hbond substituents is 1. The molecule has 0 radical (unpaired) electrons. The molecule has 216 valence electrons. The van der Waals surface area contributed by atoms with Crippen LogP contribution in [0.5, 0.6) is 11.5 Å². The molecule has 2 atom stereocenters. The number of allylic oxidation sites excluding steroid dienone is 2. The van der Waals surface area contributed by atoms with Gasteiger partial charge < -0.3 is 29.3 Å². The monoisotopic (exact) mass is 570 g/mol. The van der Waals surface area contributed by atoms with Crippen molar-refractivity contribution in [3.05, 3.63) is 69.8 Å². The molecule has 2 aliphatic rings. The number of aromatic hydroxyl groups is 1. The quantitative estimate of drug-likeness (QED) is 0.169. The third-order valence-corrected chi connectivity index (χ3v) is 9.37. The molecule has 0 saturated carbocycles. The molecule has 2 aromatic rings. The molecule has 1 unspecified atom stereocenters. The molecule has 0 amide bonds. The van der Waals surface area contributed by atoms with E-state index in [1.807, 2.05) is 32.9 Å². The van der Waals surface area contributed by atoms with Crippen molar-refractivity contribution in [2.45, 2.75) is 72.1 Å². The minimum Gasteiger partial charge on any atom is -0.507 e. The van der Waals surface area contributed by atoms with Gasteiger partial charge in [0.05, 0.1) is 0 Å². The van der Waals surface area contributed by atoms with E-state index in [9.17, 15) is 19.3 Å². The first kappa shape index (κ1) is 29.8. The van der Waals surface area contributed by atoms with Crippen LogP contribution in [0.2, 0.25) is 0 Å². The molecule has 2 N–H and O–H groups in total. The highest BCUT2D eigenvalue weighted by molar-refractivity contribution is 7.42. The third-order valence-electron chi connectivity index (χ3n) is 7.54. The van der Waals surface area contributed by atoms with Gasteiger partial charge in [-0.2, -0.15) is 0 Å². The summed E-state index contributed by atoms with van der Waals surface area (Å²) in [5.41, 5.74) is 4.41. The van der Waals surface area contributed by atoms with Gasteiger partial charge in [0.1, 0.15) is 35.8 Å². The molecule has 0 spiro atoms. The fourth-order valence-electron chi connectivity index (χ4n) is 5.22. The van der Waals surface area contributed by atoms with Crippen molar-refractivity contribution < 1.29 is 33.6 Å². The second kappa shape index (κ2) is 13.5. The lowest BCUT2D eigenvalue weighted by atomic mass is 9.89. The van der Waals surface area contributed by atoms with E-state index in [-0.39, 0.29) is 30.2 Å². The lowest BCUT2D eigenvalue weighted by molar-refractivity contribution is -0.160. The van der Waals surface area contributed by atoms with Crippen LogP contribution in [-0.2, 0) is 38.3 Å². The van der Waals surface area contributed by atoms with Crippen LogP contribution < -0.4 is 10.2 Å². The summed E-state index contributed by atoms with van der Waals surface area (Å²) in [6, 6.07) is 8.07. The Hall–Kier alpha value is -3.13. The fraction of sp³-hybridized carbons (Fsp3) is 0.467. The summed E-state index contributed by atoms with van der Waals surface area (Å²) in [5.74, 6) is -0.549. The zero-order valence-corrected chi connectivity index (χ0v) is 24.6. The highest BCUT2D eigenvalue weighted by Gasteiger charge is 2.33. The van der Waals surface area contributed by atoms with Gasteiger partial charge >= 0.3 is 11.9 Å². The highest BCUT2D eigenvalue weighted by Crippen LogP contribution is 2.39. The van der Waals surface area contributed by atoms with Crippen LogP contribution in [0.15, 0.2) is 42.0 Å². The van der Waals surface area contributed by atoms with Gasteiger partial charge in [-0.15, -0.1) is 0 Å². The van der Waals surface area contributed by atoms with Gasteiger partial charge in [0, 0.05) is 17.3 Å². The van der Waals surface area contributed by atoms with E-state index < -0.39 is 25.9 Å². The molecule has 10 heteroatoms. The van der Waals surface area contributed by atoms with E-state index >= 15 is 0 Å². The minimum atomic E-state index is -2.62. The van der Waals surface area contributed by atoms with Crippen LogP contribution in [0.4, 0.5) is 0 Å².